The molecule has 2 rings (SSSR count). The average Bonchev–Trinajstić information content (AvgIpc) is 2.34. The molecule has 0 unspecified atom stereocenters. The van der Waals surface area contributed by atoms with Crippen LogP contribution in [0.15, 0.2) is 33.3 Å². The molecule has 1 heterocycles. The van der Waals surface area contributed by atoms with E-state index in [9.17, 15) is 0 Å². The molecule has 0 saturated carbocycles. The first kappa shape index (κ1) is 13.1. The van der Waals surface area contributed by atoms with Gasteiger partial charge in [0.25, 0.3) is 0 Å². The Morgan fingerprint density at radius 2 is 2.06 bits per heavy atom. The number of rotatable bonds is 3. The summed E-state index contributed by atoms with van der Waals surface area (Å²) in [5.41, 5.74) is 6.41. The van der Waals surface area contributed by atoms with E-state index in [2.05, 4.69) is 47.1 Å². The van der Waals surface area contributed by atoms with Gasteiger partial charge in [-0.1, -0.05) is 0 Å². The molecule has 3 N–H and O–H groups in total. The van der Waals surface area contributed by atoms with Gasteiger partial charge < -0.3 is 15.8 Å². The van der Waals surface area contributed by atoms with E-state index in [4.69, 9.17) is 10.5 Å². The fraction of sp³-hybridized carbons (Fsp3) is 0.0909. The van der Waals surface area contributed by atoms with Crippen LogP contribution in [0.2, 0.25) is 0 Å². The van der Waals surface area contributed by atoms with Gasteiger partial charge in [-0.05, 0) is 50.1 Å². The summed E-state index contributed by atoms with van der Waals surface area (Å²) in [4.78, 5) is 7.98. The molecule has 0 radical (unpaired) electrons. The summed E-state index contributed by atoms with van der Waals surface area (Å²) >= 11 is 6.77. The fourth-order valence-corrected chi connectivity index (χ4v) is 2.18. The SMILES string of the molecule is COc1ccc(Nc2nc(N)ncc2Br)cc1Br. The van der Waals surface area contributed by atoms with Crippen molar-refractivity contribution in [1.29, 1.82) is 0 Å². The Balaban J connectivity index is 2.28. The van der Waals surface area contributed by atoms with E-state index in [0.717, 1.165) is 20.4 Å². The predicted molar refractivity (Wildman–Crippen MR) is 78.1 cm³/mol. The van der Waals surface area contributed by atoms with Crippen molar-refractivity contribution in [2.75, 3.05) is 18.2 Å². The Labute approximate surface area is 121 Å². The van der Waals surface area contributed by atoms with E-state index in [0.29, 0.717) is 5.82 Å². The van der Waals surface area contributed by atoms with E-state index in [-0.39, 0.29) is 5.95 Å². The Hall–Kier alpha value is -1.34. The van der Waals surface area contributed by atoms with Crippen LogP contribution in [-0.4, -0.2) is 17.1 Å². The van der Waals surface area contributed by atoms with Crippen molar-refractivity contribution < 1.29 is 4.74 Å². The van der Waals surface area contributed by atoms with Gasteiger partial charge in [0.1, 0.15) is 11.6 Å². The molecule has 0 aliphatic heterocycles. The molecule has 0 saturated heterocycles. The van der Waals surface area contributed by atoms with Crippen molar-refractivity contribution in [1.82, 2.24) is 9.97 Å². The van der Waals surface area contributed by atoms with E-state index < -0.39 is 0 Å². The zero-order valence-electron chi connectivity index (χ0n) is 9.45. The zero-order valence-corrected chi connectivity index (χ0v) is 12.6. The topological polar surface area (TPSA) is 73.1 Å². The lowest BCUT2D eigenvalue weighted by atomic mass is 10.3. The molecule has 0 amide bonds. The number of hydrogen-bond acceptors (Lipinski definition) is 5. The lowest BCUT2D eigenvalue weighted by molar-refractivity contribution is 0.412. The number of methoxy groups -OCH3 is 1. The molecule has 1 aromatic heterocycles. The number of hydrogen-bond donors (Lipinski definition) is 2. The third-order valence-corrected chi connectivity index (χ3v) is 3.38. The molecule has 94 valence electrons. The number of benzene rings is 1. The standard InChI is InChI=1S/C11H10Br2N4O/c1-18-9-3-2-6(4-7(9)12)16-10-8(13)5-15-11(14)17-10/h2-5H,1H3,(H3,14,15,16,17). The number of aromatic nitrogens is 2. The minimum atomic E-state index is 0.216. The molecule has 0 bridgehead atoms. The summed E-state index contributed by atoms with van der Waals surface area (Å²) in [6, 6.07) is 5.63. The Morgan fingerprint density at radius 1 is 1.28 bits per heavy atom. The van der Waals surface area contributed by atoms with Crippen molar-refractivity contribution in [2.45, 2.75) is 0 Å². The first-order valence-electron chi connectivity index (χ1n) is 4.98. The van der Waals surface area contributed by atoms with Crippen molar-refractivity contribution in [2.24, 2.45) is 0 Å². The monoisotopic (exact) mass is 372 g/mol. The molecular weight excluding hydrogens is 364 g/mol. The number of nitrogens with two attached hydrogens (primary N) is 1. The first-order valence-corrected chi connectivity index (χ1v) is 6.57. The number of ether oxygens (including phenoxy) is 1. The normalized spacial score (nSPS) is 10.2. The summed E-state index contributed by atoms with van der Waals surface area (Å²) in [5, 5.41) is 3.14. The Morgan fingerprint density at radius 3 is 2.72 bits per heavy atom. The molecule has 7 heteroatoms. The van der Waals surface area contributed by atoms with Gasteiger partial charge in [-0.15, -0.1) is 0 Å². The second-order valence-corrected chi connectivity index (χ2v) is 5.11. The van der Waals surface area contributed by atoms with E-state index in [1.54, 1.807) is 13.3 Å². The number of nitrogens with one attached hydrogen (secondary N) is 1. The van der Waals surface area contributed by atoms with Crippen LogP contribution >= 0.6 is 31.9 Å². The van der Waals surface area contributed by atoms with E-state index in [1.165, 1.54) is 0 Å². The molecule has 2 aromatic rings. The van der Waals surface area contributed by atoms with Gasteiger partial charge in [-0.25, -0.2) is 4.98 Å². The quantitative estimate of drug-likeness (QED) is 0.863. The number of nitrogens with zero attached hydrogens (tertiary/aromatic N) is 2. The first-order chi connectivity index (χ1) is 8.60. The van der Waals surface area contributed by atoms with Crippen LogP contribution in [0.1, 0.15) is 0 Å². The second-order valence-electron chi connectivity index (χ2n) is 3.40. The molecular formula is C11H10Br2N4O. The zero-order chi connectivity index (χ0) is 13.1. The van der Waals surface area contributed by atoms with Crippen LogP contribution in [0, 0.1) is 0 Å². The molecule has 18 heavy (non-hydrogen) atoms. The predicted octanol–water partition coefficient (Wildman–Crippen LogP) is 3.34. The van der Waals surface area contributed by atoms with Crippen molar-refractivity contribution in [3.63, 3.8) is 0 Å². The minimum absolute atomic E-state index is 0.216. The molecule has 0 fully saturated rings. The van der Waals surface area contributed by atoms with Crippen molar-refractivity contribution >= 4 is 49.3 Å². The van der Waals surface area contributed by atoms with Gasteiger partial charge in [0, 0.05) is 11.9 Å². The minimum Gasteiger partial charge on any atom is -0.496 e. The lowest BCUT2D eigenvalue weighted by Gasteiger charge is -2.09. The number of nitrogen functional groups attached to an aromatic ring is 1. The molecule has 0 aliphatic carbocycles. The Bertz CT molecular complexity index is 577. The van der Waals surface area contributed by atoms with Crippen LogP contribution in [0.5, 0.6) is 5.75 Å². The maximum Gasteiger partial charge on any atom is 0.222 e. The average molecular weight is 374 g/mol. The summed E-state index contributed by atoms with van der Waals surface area (Å²) in [6.45, 7) is 0. The van der Waals surface area contributed by atoms with Gasteiger partial charge in [-0.2, -0.15) is 4.98 Å². The van der Waals surface area contributed by atoms with Crippen LogP contribution < -0.4 is 15.8 Å². The lowest BCUT2D eigenvalue weighted by Crippen LogP contribution is -2.00. The number of halogens is 2. The van der Waals surface area contributed by atoms with Gasteiger partial charge in [0.15, 0.2) is 0 Å². The van der Waals surface area contributed by atoms with Crippen LogP contribution in [0.3, 0.4) is 0 Å². The summed E-state index contributed by atoms with van der Waals surface area (Å²) in [5.74, 6) is 1.59. The molecule has 5 nitrogen and oxygen atoms in total. The smallest absolute Gasteiger partial charge is 0.222 e. The van der Waals surface area contributed by atoms with Gasteiger partial charge in [0.2, 0.25) is 5.95 Å². The third kappa shape index (κ3) is 2.91. The van der Waals surface area contributed by atoms with Gasteiger partial charge in [-0.3, -0.25) is 0 Å². The maximum absolute atomic E-state index is 5.54. The summed E-state index contributed by atoms with van der Waals surface area (Å²) in [6.07, 6.45) is 1.60. The molecule has 0 aliphatic rings. The maximum atomic E-state index is 5.54. The van der Waals surface area contributed by atoms with Crippen molar-refractivity contribution in [3.8, 4) is 5.75 Å². The second kappa shape index (κ2) is 5.53. The highest BCUT2D eigenvalue weighted by Gasteiger charge is 2.06. The highest BCUT2D eigenvalue weighted by atomic mass is 79.9. The fourth-order valence-electron chi connectivity index (χ4n) is 1.35. The molecule has 1 aromatic carbocycles. The van der Waals surface area contributed by atoms with Crippen molar-refractivity contribution in [3.05, 3.63) is 33.3 Å². The largest absolute Gasteiger partial charge is 0.496 e. The van der Waals surface area contributed by atoms with Crippen LogP contribution in [-0.2, 0) is 0 Å². The highest BCUT2D eigenvalue weighted by Crippen LogP contribution is 2.30. The third-order valence-electron chi connectivity index (χ3n) is 2.18. The van der Waals surface area contributed by atoms with E-state index >= 15 is 0 Å². The molecule has 0 atom stereocenters. The molecule has 0 spiro atoms. The van der Waals surface area contributed by atoms with Crippen LogP contribution in [0.25, 0.3) is 0 Å². The van der Waals surface area contributed by atoms with Crippen LogP contribution in [0.4, 0.5) is 17.5 Å². The van der Waals surface area contributed by atoms with E-state index in [1.807, 2.05) is 18.2 Å². The van der Waals surface area contributed by atoms with Gasteiger partial charge >= 0.3 is 0 Å². The highest BCUT2D eigenvalue weighted by molar-refractivity contribution is 9.11. The number of anilines is 3. The summed E-state index contributed by atoms with van der Waals surface area (Å²) in [7, 11) is 1.62. The van der Waals surface area contributed by atoms with Gasteiger partial charge in [0.05, 0.1) is 16.1 Å². The Kier molecular flexibility index (Phi) is 4.03. The summed E-state index contributed by atoms with van der Waals surface area (Å²) < 4.78 is 6.76.